The average Bonchev–Trinajstić information content (AvgIpc) is 2.62. The smallest absolute Gasteiger partial charge is 0.269 e. The maximum absolute atomic E-state index is 12.6. The van der Waals surface area contributed by atoms with E-state index in [4.69, 9.17) is 0 Å². The molecule has 0 fully saturated rings. The van der Waals surface area contributed by atoms with Crippen LogP contribution in [-0.4, -0.2) is 22.8 Å². The molecule has 1 heterocycles. The van der Waals surface area contributed by atoms with Crippen LogP contribution in [0.1, 0.15) is 24.5 Å². The Morgan fingerprint density at radius 1 is 1.19 bits per heavy atom. The van der Waals surface area contributed by atoms with E-state index in [1.807, 2.05) is 19.1 Å². The second kappa shape index (κ2) is 6.95. The van der Waals surface area contributed by atoms with E-state index in [9.17, 15) is 19.7 Å². The maximum Gasteiger partial charge on any atom is 0.269 e. The molecule has 26 heavy (non-hydrogen) atoms. The molecule has 1 unspecified atom stereocenters. The molecule has 2 aromatic rings. The van der Waals surface area contributed by atoms with E-state index in [2.05, 4.69) is 5.32 Å². The fourth-order valence-electron chi connectivity index (χ4n) is 3.04. The van der Waals surface area contributed by atoms with Crippen LogP contribution >= 0.6 is 0 Å². The minimum atomic E-state index is -0.732. The number of nitrogens with zero attached hydrogens (tertiary/aromatic N) is 2. The molecule has 0 saturated heterocycles. The van der Waals surface area contributed by atoms with E-state index >= 15 is 0 Å². The molecule has 1 N–H and O–H groups in total. The molecule has 7 heteroatoms. The number of nitro groups is 1. The molecule has 0 spiro atoms. The van der Waals surface area contributed by atoms with Crippen molar-refractivity contribution in [2.75, 3.05) is 10.2 Å². The summed E-state index contributed by atoms with van der Waals surface area (Å²) in [5.74, 6) is -0.480. The molecule has 3 rings (SSSR count). The third-order valence-corrected chi connectivity index (χ3v) is 4.50. The zero-order valence-electron chi connectivity index (χ0n) is 14.6. The normalized spacial score (nSPS) is 14.5. The second-order valence-corrected chi connectivity index (χ2v) is 6.37. The molecule has 0 aliphatic carbocycles. The first kappa shape index (κ1) is 17.6. The summed E-state index contributed by atoms with van der Waals surface area (Å²) >= 11 is 0. The van der Waals surface area contributed by atoms with Gasteiger partial charge in [0.1, 0.15) is 6.04 Å². The zero-order valence-corrected chi connectivity index (χ0v) is 14.6. The lowest BCUT2D eigenvalue weighted by Gasteiger charge is -2.33. The van der Waals surface area contributed by atoms with Gasteiger partial charge in [-0.05, 0) is 44.0 Å². The molecule has 1 atom stereocenters. The number of anilines is 2. The Morgan fingerprint density at radius 3 is 2.54 bits per heavy atom. The summed E-state index contributed by atoms with van der Waals surface area (Å²) in [6.07, 6.45) is 0.648. The molecular formula is C19H19N3O4. The van der Waals surface area contributed by atoms with Gasteiger partial charge >= 0.3 is 0 Å². The van der Waals surface area contributed by atoms with Gasteiger partial charge in [-0.2, -0.15) is 0 Å². The first-order valence-electron chi connectivity index (χ1n) is 8.33. The van der Waals surface area contributed by atoms with Crippen molar-refractivity contribution in [1.82, 2.24) is 0 Å². The van der Waals surface area contributed by atoms with Crippen LogP contribution < -0.4 is 10.2 Å². The van der Waals surface area contributed by atoms with Crippen molar-refractivity contribution in [3.05, 3.63) is 63.7 Å². The lowest BCUT2D eigenvalue weighted by molar-refractivity contribution is -0.384. The summed E-state index contributed by atoms with van der Waals surface area (Å²) in [7, 11) is 0. The Kier molecular flexibility index (Phi) is 4.71. The highest BCUT2D eigenvalue weighted by atomic mass is 16.6. The number of rotatable bonds is 4. The number of carbonyl (C=O) groups is 2. The van der Waals surface area contributed by atoms with Gasteiger partial charge in [-0.25, -0.2) is 0 Å². The number of fused-ring (bicyclic) bond motifs is 1. The van der Waals surface area contributed by atoms with Gasteiger partial charge in [-0.15, -0.1) is 0 Å². The van der Waals surface area contributed by atoms with Crippen molar-refractivity contribution >= 4 is 28.9 Å². The Hall–Kier alpha value is -3.22. The molecule has 7 nitrogen and oxygen atoms in total. The van der Waals surface area contributed by atoms with Crippen molar-refractivity contribution in [3.8, 4) is 0 Å². The van der Waals surface area contributed by atoms with Gasteiger partial charge in [-0.1, -0.05) is 17.7 Å². The average molecular weight is 353 g/mol. The van der Waals surface area contributed by atoms with Crippen LogP contribution in [0.25, 0.3) is 0 Å². The number of non-ortho nitro benzene ring substituents is 1. The predicted octanol–water partition coefficient (Wildman–Crippen LogP) is 3.21. The first-order chi connectivity index (χ1) is 12.4. The molecule has 134 valence electrons. The van der Waals surface area contributed by atoms with Gasteiger partial charge in [0.25, 0.3) is 5.69 Å². The molecule has 0 radical (unpaired) electrons. The Labute approximate surface area is 150 Å². The van der Waals surface area contributed by atoms with Crippen LogP contribution in [0.5, 0.6) is 0 Å². The summed E-state index contributed by atoms with van der Waals surface area (Å²) in [5, 5.41) is 13.8. The molecule has 0 bridgehead atoms. The van der Waals surface area contributed by atoms with Crippen LogP contribution in [0.3, 0.4) is 0 Å². The van der Waals surface area contributed by atoms with Crippen molar-refractivity contribution in [2.45, 2.75) is 32.7 Å². The van der Waals surface area contributed by atoms with Crippen molar-refractivity contribution in [1.29, 1.82) is 0 Å². The molecule has 1 aliphatic heterocycles. The molecular weight excluding hydrogens is 334 g/mol. The minimum absolute atomic E-state index is 0.0187. The van der Waals surface area contributed by atoms with Gasteiger partial charge in [0.15, 0.2) is 0 Å². The van der Waals surface area contributed by atoms with Crippen LogP contribution in [0, 0.1) is 17.0 Å². The van der Waals surface area contributed by atoms with Gasteiger partial charge in [0, 0.05) is 29.9 Å². The monoisotopic (exact) mass is 353 g/mol. The van der Waals surface area contributed by atoms with Crippen LogP contribution in [0.15, 0.2) is 42.5 Å². The first-order valence-corrected chi connectivity index (χ1v) is 8.33. The zero-order chi connectivity index (χ0) is 18.8. The van der Waals surface area contributed by atoms with Crippen molar-refractivity contribution in [2.24, 2.45) is 0 Å². The van der Waals surface area contributed by atoms with Crippen LogP contribution in [0.2, 0.25) is 0 Å². The summed E-state index contributed by atoms with van der Waals surface area (Å²) in [6.45, 7) is 3.61. The molecule has 0 aromatic heterocycles. The number of amides is 2. The molecule has 0 saturated carbocycles. The van der Waals surface area contributed by atoms with Crippen molar-refractivity contribution in [3.63, 3.8) is 0 Å². The fourth-order valence-corrected chi connectivity index (χ4v) is 3.04. The number of nitro benzene ring substituents is 1. The lowest BCUT2D eigenvalue weighted by Crippen LogP contribution is -2.48. The summed E-state index contributed by atoms with van der Waals surface area (Å²) in [4.78, 5) is 37.0. The highest BCUT2D eigenvalue weighted by Crippen LogP contribution is 2.32. The van der Waals surface area contributed by atoms with E-state index in [0.717, 1.165) is 5.56 Å². The Bertz CT molecular complexity index is 877. The van der Waals surface area contributed by atoms with E-state index in [0.29, 0.717) is 23.4 Å². The third kappa shape index (κ3) is 3.42. The van der Waals surface area contributed by atoms with Gasteiger partial charge < -0.3 is 5.32 Å². The number of hydrogen-bond acceptors (Lipinski definition) is 4. The van der Waals surface area contributed by atoms with Gasteiger partial charge in [0.2, 0.25) is 11.8 Å². The largest absolute Gasteiger partial charge is 0.324 e. The minimum Gasteiger partial charge on any atom is -0.324 e. The molecule has 1 aliphatic rings. The predicted molar refractivity (Wildman–Crippen MR) is 98.2 cm³/mol. The van der Waals surface area contributed by atoms with E-state index in [-0.39, 0.29) is 23.9 Å². The second-order valence-electron chi connectivity index (χ2n) is 6.37. The number of hydrogen-bond donors (Lipinski definition) is 1. The quantitative estimate of drug-likeness (QED) is 0.675. The SMILES string of the molecule is Cc1ccc(NC(=O)C(C)N2C(=O)CCc3cc([N+](=O)[O-])ccc32)cc1. The Morgan fingerprint density at radius 2 is 1.88 bits per heavy atom. The third-order valence-electron chi connectivity index (χ3n) is 4.50. The topological polar surface area (TPSA) is 92.6 Å². The molecule has 2 amide bonds. The summed E-state index contributed by atoms with van der Waals surface area (Å²) < 4.78 is 0. The molecule has 2 aromatic carbocycles. The van der Waals surface area contributed by atoms with Gasteiger partial charge in [0.05, 0.1) is 4.92 Å². The number of carbonyl (C=O) groups excluding carboxylic acids is 2. The van der Waals surface area contributed by atoms with E-state index in [1.165, 1.54) is 17.0 Å². The highest BCUT2D eigenvalue weighted by Gasteiger charge is 2.32. The highest BCUT2D eigenvalue weighted by molar-refractivity contribution is 6.06. The Balaban J connectivity index is 1.85. The van der Waals surface area contributed by atoms with E-state index in [1.54, 1.807) is 25.1 Å². The number of benzene rings is 2. The number of aryl methyl sites for hydroxylation is 2. The standard InChI is InChI=1S/C19H19N3O4/c1-12-3-6-15(7-4-12)20-19(24)13(2)21-17-9-8-16(22(25)26)11-14(17)5-10-18(21)23/h3-4,6-9,11,13H,5,10H2,1-2H3,(H,20,24). The van der Waals surface area contributed by atoms with Crippen LogP contribution in [0.4, 0.5) is 17.1 Å². The summed E-state index contributed by atoms with van der Waals surface area (Å²) in [6, 6.07) is 11.0. The van der Waals surface area contributed by atoms with Crippen LogP contribution in [-0.2, 0) is 16.0 Å². The summed E-state index contributed by atoms with van der Waals surface area (Å²) in [5.41, 5.74) is 2.97. The maximum atomic E-state index is 12.6. The fraction of sp³-hybridized carbons (Fsp3) is 0.263. The van der Waals surface area contributed by atoms with E-state index < -0.39 is 11.0 Å². The number of nitrogens with one attached hydrogen (secondary N) is 1. The lowest BCUT2D eigenvalue weighted by atomic mass is 9.98. The van der Waals surface area contributed by atoms with Crippen molar-refractivity contribution < 1.29 is 14.5 Å². The van der Waals surface area contributed by atoms with Gasteiger partial charge in [-0.3, -0.25) is 24.6 Å².